The predicted molar refractivity (Wildman–Crippen MR) is 116 cm³/mol. The Kier molecular flexibility index (Phi) is 8.10. The second-order valence-electron chi connectivity index (χ2n) is 11.4. The Hall–Kier alpha value is -0.0700. The fourth-order valence-corrected chi connectivity index (χ4v) is 6.89. The van der Waals surface area contributed by atoms with Crippen LogP contribution in [-0.4, -0.2) is 6.17 Å². The molecule has 0 aliphatic heterocycles. The van der Waals surface area contributed by atoms with Gasteiger partial charge in [-0.3, -0.25) is 0 Å². The van der Waals surface area contributed by atoms with Crippen LogP contribution in [0.5, 0.6) is 0 Å². The largest absolute Gasteiger partial charge is 0.247 e. The Morgan fingerprint density at radius 1 is 0.667 bits per heavy atom. The van der Waals surface area contributed by atoms with Gasteiger partial charge in [0.05, 0.1) is 0 Å². The Balaban J connectivity index is 1.41. The standard InChI is InChI=1S/C26H47F/c1-18(2)5-8-20(4)25-16-15-24(17-26(25)27)23-13-11-22(12-14-23)21-9-6-19(3)7-10-21/h18-26H,5-17H2,1-4H3. The summed E-state index contributed by atoms with van der Waals surface area (Å²) < 4.78 is 15.0. The van der Waals surface area contributed by atoms with Gasteiger partial charge in [0.15, 0.2) is 0 Å². The molecule has 0 radical (unpaired) electrons. The molecule has 0 aromatic heterocycles. The molecule has 0 spiro atoms. The molecule has 0 heterocycles. The van der Waals surface area contributed by atoms with Gasteiger partial charge < -0.3 is 0 Å². The normalized spacial score (nSPS) is 42.2. The van der Waals surface area contributed by atoms with E-state index in [1.807, 2.05) is 0 Å². The summed E-state index contributed by atoms with van der Waals surface area (Å²) in [5.41, 5.74) is 0. The molecule has 3 aliphatic rings. The second-order valence-corrected chi connectivity index (χ2v) is 11.4. The number of alkyl halides is 1. The topological polar surface area (TPSA) is 0 Å². The molecular formula is C26H47F. The summed E-state index contributed by atoms with van der Waals surface area (Å²) in [6, 6.07) is 0. The molecule has 3 saturated carbocycles. The molecule has 3 fully saturated rings. The van der Waals surface area contributed by atoms with Crippen LogP contribution in [0.3, 0.4) is 0 Å². The van der Waals surface area contributed by atoms with E-state index in [9.17, 15) is 0 Å². The number of rotatable bonds is 6. The lowest BCUT2D eigenvalue weighted by Crippen LogP contribution is -2.35. The minimum atomic E-state index is -0.525. The maximum Gasteiger partial charge on any atom is 0.103 e. The highest BCUT2D eigenvalue weighted by Crippen LogP contribution is 2.47. The monoisotopic (exact) mass is 378 g/mol. The summed E-state index contributed by atoms with van der Waals surface area (Å²) in [6.07, 6.45) is 16.9. The van der Waals surface area contributed by atoms with Crippen LogP contribution in [0.15, 0.2) is 0 Å². The van der Waals surface area contributed by atoms with Gasteiger partial charge in [0, 0.05) is 0 Å². The van der Waals surface area contributed by atoms with Crippen molar-refractivity contribution in [3.05, 3.63) is 0 Å². The summed E-state index contributed by atoms with van der Waals surface area (Å²) in [4.78, 5) is 0. The summed E-state index contributed by atoms with van der Waals surface area (Å²) in [5.74, 6) is 6.21. The average Bonchev–Trinajstić information content (AvgIpc) is 2.67. The minimum Gasteiger partial charge on any atom is -0.247 e. The lowest BCUT2D eigenvalue weighted by Gasteiger charge is -2.43. The number of halogens is 1. The molecule has 3 aliphatic carbocycles. The maximum atomic E-state index is 15.0. The molecule has 0 bridgehead atoms. The van der Waals surface area contributed by atoms with Crippen LogP contribution in [0.4, 0.5) is 4.39 Å². The molecule has 0 N–H and O–H groups in total. The lowest BCUT2D eigenvalue weighted by molar-refractivity contribution is 0.0428. The molecule has 4 unspecified atom stereocenters. The third-order valence-corrected chi connectivity index (χ3v) is 9.00. The predicted octanol–water partition coefficient (Wildman–Crippen LogP) is 8.45. The van der Waals surface area contributed by atoms with Crippen LogP contribution in [0.1, 0.15) is 111 Å². The minimum absolute atomic E-state index is 0.348. The van der Waals surface area contributed by atoms with Gasteiger partial charge in [-0.1, -0.05) is 53.4 Å². The Labute approximate surface area is 169 Å². The van der Waals surface area contributed by atoms with Gasteiger partial charge in [-0.15, -0.1) is 0 Å². The van der Waals surface area contributed by atoms with E-state index in [0.717, 1.165) is 42.4 Å². The average molecular weight is 379 g/mol. The first-order valence-electron chi connectivity index (χ1n) is 12.6. The summed E-state index contributed by atoms with van der Waals surface area (Å²) in [7, 11) is 0. The van der Waals surface area contributed by atoms with Crippen LogP contribution >= 0.6 is 0 Å². The number of hydrogen-bond acceptors (Lipinski definition) is 0. The molecule has 3 rings (SSSR count). The zero-order valence-electron chi connectivity index (χ0n) is 18.8. The van der Waals surface area contributed by atoms with Crippen molar-refractivity contribution in [2.24, 2.45) is 47.3 Å². The molecule has 1 heteroatoms. The Bertz CT molecular complexity index is 414. The third kappa shape index (κ3) is 5.96. The van der Waals surface area contributed by atoms with Crippen molar-refractivity contribution < 1.29 is 4.39 Å². The molecule has 0 aromatic rings. The van der Waals surface area contributed by atoms with Crippen LogP contribution in [0, 0.1) is 47.3 Å². The molecular weight excluding hydrogens is 331 g/mol. The zero-order valence-corrected chi connectivity index (χ0v) is 18.8. The molecule has 0 aromatic carbocycles. The van der Waals surface area contributed by atoms with Crippen molar-refractivity contribution in [3.63, 3.8) is 0 Å². The van der Waals surface area contributed by atoms with Crippen molar-refractivity contribution in [2.75, 3.05) is 0 Å². The van der Waals surface area contributed by atoms with Gasteiger partial charge in [0.2, 0.25) is 0 Å². The number of hydrogen-bond donors (Lipinski definition) is 0. The van der Waals surface area contributed by atoms with Crippen LogP contribution in [0.2, 0.25) is 0 Å². The van der Waals surface area contributed by atoms with E-state index < -0.39 is 6.17 Å². The van der Waals surface area contributed by atoms with Crippen molar-refractivity contribution in [1.29, 1.82) is 0 Å². The van der Waals surface area contributed by atoms with E-state index in [2.05, 4.69) is 27.7 Å². The van der Waals surface area contributed by atoms with E-state index in [1.54, 1.807) is 0 Å². The van der Waals surface area contributed by atoms with Crippen LogP contribution in [-0.2, 0) is 0 Å². The quantitative estimate of drug-likeness (QED) is 0.435. The third-order valence-electron chi connectivity index (χ3n) is 9.00. The molecule has 0 amide bonds. The van der Waals surface area contributed by atoms with E-state index in [0.29, 0.717) is 17.8 Å². The van der Waals surface area contributed by atoms with Crippen molar-refractivity contribution in [2.45, 2.75) is 117 Å². The van der Waals surface area contributed by atoms with E-state index >= 15 is 4.39 Å². The van der Waals surface area contributed by atoms with Gasteiger partial charge in [0.1, 0.15) is 6.17 Å². The fourth-order valence-electron chi connectivity index (χ4n) is 6.89. The highest BCUT2D eigenvalue weighted by atomic mass is 19.1. The van der Waals surface area contributed by atoms with Gasteiger partial charge in [-0.2, -0.15) is 0 Å². The SMILES string of the molecule is CC(C)CCC(C)C1CCC(C2CCC(C3CCC(C)CC3)CC2)CC1F. The van der Waals surface area contributed by atoms with Crippen LogP contribution in [0.25, 0.3) is 0 Å². The molecule has 4 atom stereocenters. The summed E-state index contributed by atoms with van der Waals surface area (Å²) >= 11 is 0. The summed E-state index contributed by atoms with van der Waals surface area (Å²) in [6.45, 7) is 9.33. The van der Waals surface area contributed by atoms with Gasteiger partial charge in [-0.05, 0) is 105 Å². The molecule has 27 heavy (non-hydrogen) atoms. The van der Waals surface area contributed by atoms with Crippen molar-refractivity contribution in [1.82, 2.24) is 0 Å². The van der Waals surface area contributed by atoms with Gasteiger partial charge in [-0.25, -0.2) is 4.39 Å². The van der Waals surface area contributed by atoms with Gasteiger partial charge in [0.25, 0.3) is 0 Å². The van der Waals surface area contributed by atoms with Gasteiger partial charge >= 0.3 is 0 Å². The first-order valence-corrected chi connectivity index (χ1v) is 12.6. The highest BCUT2D eigenvalue weighted by molar-refractivity contribution is 4.89. The molecule has 0 nitrogen and oxygen atoms in total. The highest BCUT2D eigenvalue weighted by Gasteiger charge is 2.38. The van der Waals surface area contributed by atoms with Crippen molar-refractivity contribution in [3.8, 4) is 0 Å². The van der Waals surface area contributed by atoms with E-state index in [-0.39, 0.29) is 0 Å². The molecule has 0 saturated heterocycles. The fraction of sp³-hybridized carbons (Fsp3) is 1.00. The maximum absolute atomic E-state index is 15.0. The van der Waals surface area contributed by atoms with E-state index in [1.165, 1.54) is 70.6 Å². The first kappa shape index (κ1) is 21.6. The molecule has 158 valence electrons. The Morgan fingerprint density at radius 3 is 1.67 bits per heavy atom. The van der Waals surface area contributed by atoms with Crippen LogP contribution < -0.4 is 0 Å². The lowest BCUT2D eigenvalue weighted by atomic mass is 9.64. The second kappa shape index (κ2) is 10.1. The smallest absolute Gasteiger partial charge is 0.103 e. The first-order chi connectivity index (χ1) is 12.9. The van der Waals surface area contributed by atoms with E-state index in [4.69, 9.17) is 0 Å². The Morgan fingerprint density at radius 2 is 1.15 bits per heavy atom. The summed E-state index contributed by atoms with van der Waals surface area (Å²) in [5, 5.41) is 0. The van der Waals surface area contributed by atoms with Crippen molar-refractivity contribution >= 4 is 0 Å². The zero-order chi connectivity index (χ0) is 19.4.